The zero-order valence-corrected chi connectivity index (χ0v) is 14.4. The quantitative estimate of drug-likeness (QED) is 0.924. The number of carbonyl (C=O) groups excluding carboxylic acids is 1. The van der Waals surface area contributed by atoms with Gasteiger partial charge in [0.05, 0.1) is 11.7 Å². The topological polar surface area (TPSA) is 63.1 Å². The first-order chi connectivity index (χ1) is 11.2. The summed E-state index contributed by atoms with van der Waals surface area (Å²) in [5.74, 6) is 0.672. The lowest BCUT2D eigenvalue weighted by molar-refractivity contribution is 0.0754. The van der Waals surface area contributed by atoms with Gasteiger partial charge in [-0.2, -0.15) is 0 Å². The van der Waals surface area contributed by atoms with Crippen molar-refractivity contribution in [2.24, 2.45) is 5.92 Å². The highest BCUT2D eigenvalue weighted by molar-refractivity contribution is 5.93. The number of piperidine rings is 1. The third-order valence-electron chi connectivity index (χ3n) is 5.39. The van der Waals surface area contributed by atoms with E-state index in [0.29, 0.717) is 17.7 Å². The molecule has 0 spiro atoms. The van der Waals surface area contributed by atoms with Crippen LogP contribution in [0.25, 0.3) is 0 Å². The van der Waals surface area contributed by atoms with E-state index in [9.17, 15) is 4.79 Å². The van der Waals surface area contributed by atoms with Gasteiger partial charge < -0.3 is 10.2 Å². The van der Waals surface area contributed by atoms with Gasteiger partial charge in [-0.1, -0.05) is 24.5 Å². The Morgan fingerprint density at radius 1 is 1.22 bits per heavy atom. The van der Waals surface area contributed by atoms with Gasteiger partial charge in [0, 0.05) is 13.6 Å². The van der Waals surface area contributed by atoms with Crippen molar-refractivity contribution < 1.29 is 4.79 Å². The lowest BCUT2D eigenvalue weighted by Gasteiger charge is -2.27. The molecule has 0 atom stereocenters. The smallest absolute Gasteiger partial charge is 0.276 e. The first-order valence-corrected chi connectivity index (χ1v) is 9.04. The molecule has 6 heteroatoms. The van der Waals surface area contributed by atoms with E-state index >= 15 is 0 Å². The van der Waals surface area contributed by atoms with Crippen LogP contribution in [0.15, 0.2) is 0 Å². The van der Waals surface area contributed by atoms with Crippen LogP contribution < -0.4 is 5.32 Å². The third kappa shape index (κ3) is 3.74. The molecule has 1 saturated heterocycles. The number of rotatable bonds is 4. The molecule has 0 bridgehead atoms. The van der Waals surface area contributed by atoms with Crippen LogP contribution in [0.5, 0.6) is 0 Å². The van der Waals surface area contributed by atoms with Crippen molar-refractivity contribution in [2.45, 2.75) is 57.9 Å². The molecule has 1 aromatic heterocycles. The number of hydrogen-bond acceptors (Lipinski definition) is 4. The molecule has 1 saturated carbocycles. The number of aromatic nitrogens is 3. The molecule has 2 fully saturated rings. The molecule has 23 heavy (non-hydrogen) atoms. The normalized spacial score (nSPS) is 20.6. The minimum Gasteiger partial charge on any atom is -0.340 e. The first-order valence-electron chi connectivity index (χ1n) is 9.04. The van der Waals surface area contributed by atoms with Crippen LogP contribution in [0.2, 0.25) is 0 Å². The van der Waals surface area contributed by atoms with Gasteiger partial charge in [0.2, 0.25) is 0 Å². The Labute approximate surface area is 138 Å². The Kier molecular flexibility index (Phi) is 5.30. The minimum atomic E-state index is 0.0215. The number of nitrogens with zero attached hydrogens (tertiary/aromatic N) is 4. The van der Waals surface area contributed by atoms with E-state index in [0.717, 1.165) is 38.2 Å². The van der Waals surface area contributed by atoms with Gasteiger partial charge in [-0.25, -0.2) is 4.68 Å². The van der Waals surface area contributed by atoms with Gasteiger partial charge in [0.15, 0.2) is 5.69 Å². The van der Waals surface area contributed by atoms with E-state index in [-0.39, 0.29) is 5.91 Å². The molecule has 6 nitrogen and oxygen atoms in total. The Balaban J connectivity index is 1.65. The standard InChI is InChI=1S/C17H29N5O/c1-13-16(19-20-22(13)15-8-10-18-11-9-15)17(23)21(2)12-14-6-4-3-5-7-14/h14-15,18H,3-12H2,1-2H3. The summed E-state index contributed by atoms with van der Waals surface area (Å²) in [6.07, 6.45) is 8.55. The van der Waals surface area contributed by atoms with Gasteiger partial charge >= 0.3 is 0 Å². The van der Waals surface area contributed by atoms with Crippen LogP contribution in [0.3, 0.4) is 0 Å². The molecule has 1 aromatic rings. The second-order valence-corrected chi connectivity index (χ2v) is 7.14. The second-order valence-electron chi connectivity index (χ2n) is 7.14. The lowest BCUT2D eigenvalue weighted by Crippen LogP contribution is -2.33. The van der Waals surface area contributed by atoms with E-state index in [1.54, 1.807) is 0 Å². The average molecular weight is 319 g/mol. The van der Waals surface area contributed by atoms with Gasteiger partial charge in [0.25, 0.3) is 5.91 Å². The molecule has 2 heterocycles. The summed E-state index contributed by atoms with van der Waals surface area (Å²) in [5, 5.41) is 11.8. The molecule has 0 aromatic carbocycles. The second kappa shape index (κ2) is 7.43. The van der Waals surface area contributed by atoms with Gasteiger partial charge in [0.1, 0.15) is 0 Å². The molecule has 1 N–H and O–H groups in total. The summed E-state index contributed by atoms with van der Waals surface area (Å²) in [6, 6.07) is 0.369. The SMILES string of the molecule is Cc1c(C(=O)N(C)CC2CCCCC2)nnn1C1CCNCC1. The summed E-state index contributed by atoms with van der Waals surface area (Å²) in [6.45, 7) is 4.84. The van der Waals surface area contributed by atoms with E-state index in [1.165, 1.54) is 32.1 Å². The van der Waals surface area contributed by atoms with Gasteiger partial charge in [-0.3, -0.25) is 4.79 Å². The van der Waals surface area contributed by atoms with Crippen molar-refractivity contribution in [1.82, 2.24) is 25.2 Å². The maximum Gasteiger partial charge on any atom is 0.276 e. The zero-order chi connectivity index (χ0) is 16.2. The largest absolute Gasteiger partial charge is 0.340 e. The van der Waals surface area contributed by atoms with E-state index < -0.39 is 0 Å². The highest BCUT2D eigenvalue weighted by atomic mass is 16.2. The van der Waals surface area contributed by atoms with Crippen molar-refractivity contribution in [3.8, 4) is 0 Å². The number of nitrogens with one attached hydrogen (secondary N) is 1. The maximum atomic E-state index is 12.7. The van der Waals surface area contributed by atoms with Crippen LogP contribution in [-0.4, -0.2) is 52.5 Å². The summed E-state index contributed by atoms with van der Waals surface area (Å²) in [4.78, 5) is 14.6. The fraction of sp³-hybridized carbons (Fsp3) is 0.824. The highest BCUT2D eigenvalue weighted by Crippen LogP contribution is 2.25. The summed E-state index contributed by atoms with van der Waals surface area (Å²) < 4.78 is 1.96. The molecular weight excluding hydrogens is 290 g/mol. The predicted molar refractivity (Wildman–Crippen MR) is 89.4 cm³/mol. The van der Waals surface area contributed by atoms with Crippen molar-refractivity contribution >= 4 is 5.91 Å². The van der Waals surface area contributed by atoms with Crippen molar-refractivity contribution in [1.29, 1.82) is 0 Å². The molecule has 1 amide bonds. The van der Waals surface area contributed by atoms with E-state index in [4.69, 9.17) is 0 Å². The maximum absolute atomic E-state index is 12.7. The van der Waals surface area contributed by atoms with Crippen molar-refractivity contribution in [2.75, 3.05) is 26.7 Å². The number of hydrogen-bond donors (Lipinski definition) is 1. The van der Waals surface area contributed by atoms with Crippen LogP contribution in [0, 0.1) is 12.8 Å². The fourth-order valence-electron chi connectivity index (χ4n) is 3.96. The molecule has 0 radical (unpaired) electrons. The van der Waals surface area contributed by atoms with Crippen LogP contribution in [0.1, 0.15) is 67.2 Å². The Hall–Kier alpha value is -1.43. The predicted octanol–water partition coefficient (Wildman–Crippen LogP) is 2.16. The Morgan fingerprint density at radius 3 is 2.61 bits per heavy atom. The molecule has 2 aliphatic rings. The fourth-order valence-corrected chi connectivity index (χ4v) is 3.96. The van der Waals surface area contributed by atoms with Crippen molar-refractivity contribution in [3.63, 3.8) is 0 Å². The monoisotopic (exact) mass is 319 g/mol. The Morgan fingerprint density at radius 2 is 1.91 bits per heavy atom. The first kappa shape index (κ1) is 16.4. The molecule has 1 aliphatic heterocycles. The molecule has 1 aliphatic carbocycles. The molecule has 128 valence electrons. The summed E-state index contributed by atoms with van der Waals surface area (Å²) >= 11 is 0. The number of carbonyl (C=O) groups is 1. The third-order valence-corrected chi connectivity index (χ3v) is 5.39. The average Bonchev–Trinajstić information content (AvgIpc) is 2.97. The highest BCUT2D eigenvalue weighted by Gasteiger charge is 2.26. The molecular formula is C17H29N5O. The van der Waals surface area contributed by atoms with Crippen LogP contribution in [0.4, 0.5) is 0 Å². The zero-order valence-electron chi connectivity index (χ0n) is 14.4. The van der Waals surface area contributed by atoms with E-state index in [1.807, 2.05) is 23.6 Å². The van der Waals surface area contributed by atoms with E-state index in [2.05, 4.69) is 15.6 Å². The van der Waals surface area contributed by atoms with Crippen molar-refractivity contribution in [3.05, 3.63) is 11.4 Å². The van der Waals surface area contributed by atoms with Crippen LogP contribution >= 0.6 is 0 Å². The minimum absolute atomic E-state index is 0.0215. The summed E-state index contributed by atoms with van der Waals surface area (Å²) in [7, 11) is 1.90. The van der Waals surface area contributed by atoms with Gasteiger partial charge in [-0.15, -0.1) is 5.10 Å². The van der Waals surface area contributed by atoms with Crippen LogP contribution in [-0.2, 0) is 0 Å². The lowest BCUT2D eigenvalue weighted by atomic mass is 9.89. The Bertz CT molecular complexity index is 529. The molecule has 3 rings (SSSR count). The van der Waals surface area contributed by atoms with Gasteiger partial charge in [-0.05, 0) is 51.6 Å². The summed E-state index contributed by atoms with van der Waals surface area (Å²) in [5.41, 5.74) is 1.44. The molecule has 0 unspecified atom stereocenters. The number of amides is 1.